The van der Waals surface area contributed by atoms with E-state index in [1.165, 1.54) is 12.7 Å². The van der Waals surface area contributed by atoms with E-state index >= 15 is 0 Å². The van der Waals surface area contributed by atoms with E-state index in [0.29, 0.717) is 12.3 Å². The van der Waals surface area contributed by atoms with Gasteiger partial charge >= 0.3 is 5.97 Å². The van der Waals surface area contributed by atoms with E-state index in [4.69, 9.17) is 4.74 Å². The van der Waals surface area contributed by atoms with Crippen molar-refractivity contribution in [3.63, 3.8) is 0 Å². The third-order valence-corrected chi connectivity index (χ3v) is 3.92. The number of nitrogens with zero attached hydrogens (tertiary/aromatic N) is 1. The number of carbonyl (C=O) groups is 1. The lowest BCUT2D eigenvalue weighted by molar-refractivity contribution is -0.142. The highest BCUT2D eigenvalue weighted by Crippen LogP contribution is 2.27. The Labute approximate surface area is 128 Å². The van der Waals surface area contributed by atoms with E-state index in [1.54, 1.807) is 0 Å². The fourth-order valence-electron chi connectivity index (χ4n) is 2.64. The van der Waals surface area contributed by atoms with Gasteiger partial charge in [0.05, 0.1) is 13.5 Å². The third kappa shape index (κ3) is 5.01. The van der Waals surface area contributed by atoms with Gasteiger partial charge < -0.3 is 4.74 Å². The quantitative estimate of drug-likeness (QED) is 0.538. The molecule has 0 aliphatic rings. The molecule has 1 aromatic carbocycles. The second-order valence-electron chi connectivity index (χ2n) is 5.66. The first-order valence-electron chi connectivity index (χ1n) is 7.49. The number of benzene rings is 1. The largest absolute Gasteiger partial charge is 0.469 e. The zero-order valence-electron chi connectivity index (χ0n) is 13.6. The Morgan fingerprint density at radius 3 is 2.38 bits per heavy atom. The summed E-state index contributed by atoms with van der Waals surface area (Å²) in [5.41, 5.74) is 1.25. The molecule has 0 aliphatic heterocycles. The molecule has 21 heavy (non-hydrogen) atoms. The number of rotatable bonds is 8. The summed E-state index contributed by atoms with van der Waals surface area (Å²) in [7, 11) is 1.44. The zero-order chi connectivity index (χ0) is 15.8. The minimum absolute atomic E-state index is 0.130. The van der Waals surface area contributed by atoms with Gasteiger partial charge in [-0.1, -0.05) is 50.3 Å². The summed E-state index contributed by atoms with van der Waals surface area (Å²) in [5, 5.41) is 0. The van der Waals surface area contributed by atoms with Gasteiger partial charge in [0, 0.05) is 18.6 Å². The minimum Gasteiger partial charge on any atom is -0.469 e. The molecule has 1 rings (SSSR count). The molecule has 0 radical (unpaired) electrons. The molecule has 0 bridgehead atoms. The molecule has 1 aromatic rings. The molecular formula is C18H27NO2. The zero-order valence-corrected chi connectivity index (χ0v) is 13.6. The SMILES string of the molecule is C=CCN([C@H](C)c1ccccc1)[C@@H](CC(=O)OC)C(C)C. The average Bonchev–Trinajstić information content (AvgIpc) is 2.50. The van der Waals surface area contributed by atoms with Gasteiger partial charge in [0.1, 0.15) is 0 Å². The van der Waals surface area contributed by atoms with Gasteiger partial charge in [-0.2, -0.15) is 0 Å². The van der Waals surface area contributed by atoms with Crippen molar-refractivity contribution < 1.29 is 9.53 Å². The van der Waals surface area contributed by atoms with E-state index in [9.17, 15) is 4.79 Å². The highest BCUT2D eigenvalue weighted by molar-refractivity contribution is 5.70. The van der Waals surface area contributed by atoms with Crippen molar-refractivity contribution in [3.8, 4) is 0 Å². The smallest absolute Gasteiger partial charge is 0.307 e. The molecule has 0 amide bonds. The number of carbonyl (C=O) groups excluding carboxylic acids is 1. The first-order valence-corrected chi connectivity index (χ1v) is 7.49. The predicted molar refractivity (Wildman–Crippen MR) is 87.0 cm³/mol. The van der Waals surface area contributed by atoms with Crippen LogP contribution < -0.4 is 0 Å². The standard InChI is InChI=1S/C18H27NO2/c1-6-12-19(15(4)16-10-8-7-9-11-16)17(14(2)3)13-18(20)21-5/h6-11,14-15,17H,1,12-13H2,2-5H3/t15-,17+/m1/s1. The van der Waals surface area contributed by atoms with Crippen LogP contribution in [0.25, 0.3) is 0 Å². The fourth-order valence-corrected chi connectivity index (χ4v) is 2.64. The lowest BCUT2D eigenvalue weighted by Crippen LogP contribution is -2.42. The molecular weight excluding hydrogens is 262 g/mol. The molecule has 0 fully saturated rings. The Kier molecular flexibility index (Phi) is 7.17. The monoisotopic (exact) mass is 289 g/mol. The normalized spacial score (nSPS) is 14.0. The first kappa shape index (κ1) is 17.4. The Bertz CT molecular complexity index is 442. The van der Waals surface area contributed by atoms with Crippen LogP contribution in [-0.2, 0) is 9.53 Å². The van der Waals surface area contributed by atoms with Crippen LogP contribution in [0, 0.1) is 5.92 Å². The van der Waals surface area contributed by atoms with Crippen LogP contribution in [0.3, 0.4) is 0 Å². The van der Waals surface area contributed by atoms with Crippen molar-refractivity contribution in [1.29, 1.82) is 0 Å². The molecule has 116 valence electrons. The summed E-state index contributed by atoms with van der Waals surface area (Å²) in [6.07, 6.45) is 2.30. The van der Waals surface area contributed by atoms with E-state index in [1.807, 2.05) is 24.3 Å². The number of hydrogen-bond acceptors (Lipinski definition) is 3. The maximum Gasteiger partial charge on any atom is 0.307 e. The van der Waals surface area contributed by atoms with E-state index in [0.717, 1.165) is 6.54 Å². The molecule has 0 aromatic heterocycles. The van der Waals surface area contributed by atoms with Gasteiger partial charge in [0.25, 0.3) is 0 Å². The second-order valence-corrected chi connectivity index (χ2v) is 5.66. The van der Waals surface area contributed by atoms with Crippen LogP contribution >= 0.6 is 0 Å². The lowest BCUT2D eigenvalue weighted by atomic mass is 9.95. The number of methoxy groups -OCH3 is 1. The van der Waals surface area contributed by atoms with Crippen LogP contribution in [0.15, 0.2) is 43.0 Å². The lowest BCUT2D eigenvalue weighted by Gasteiger charge is -2.38. The molecule has 3 nitrogen and oxygen atoms in total. The summed E-state index contributed by atoms with van der Waals surface area (Å²) < 4.78 is 4.85. The van der Waals surface area contributed by atoms with Gasteiger partial charge in [0.15, 0.2) is 0 Å². The Morgan fingerprint density at radius 1 is 1.29 bits per heavy atom. The maximum absolute atomic E-state index is 11.7. The first-order chi connectivity index (χ1) is 10.0. The maximum atomic E-state index is 11.7. The fraction of sp³-hybridized carbons (Fsp3) is 0.500. The molecule has 3 heteroatoms. The molecule has 0 N–H and O–H groups in total. The number of hydrogen-bond donors (Lipinski definition) is 0. The summed E-state index contributed by atoms with van der Waals surface area (Å²) in [5.74, 6) is 0.193. The van der Waals surface area contributed by atoms with Crippen molar-refractivity contribution in [2.24, 2.45) is 5.92 Å². The second kappa shape index (κ2) is 8.63. The van der Waals surface area contributed by atoms with Crippen molar-refractivity contribution in [2.75, 3.05) is 13.7 Å². The summed E-state index contributed by atoms with van der Waals surface area (Å²) in [4.78, 5) is 14.0. The Balaban J connectivity index is 3.00. The Morgan fingerprint density at radius 2 is 1.90 bits per heavy atom. The minimum atomic E-state index is -0.164. The number of esters is 1. The van der Waals surface area contributed by atoms with Crippen molar-refractivity contribution >= 4 is 5.97 Å². The molecule has 2 atom stereocenters. The van der Waals surface area contributed by atoms with E-state index in [2.05, 4.69) is 44.4 Å². The summed E-state index contributed by atoms with van der Waals surface area (Å²) in [6.45, 7) is 11.1. The van der Waals surface area contributed by atoms with Gasteiger partial charge in [-0.3, -0.25) is 9.69 Å². The van der Waals surface area contributed by atoms with Crippen LogP contribution in [0.1, 0.15) is 38.8 Å². The van der Waals surface area contributed by atoms with Gasteiger partial charge in [0.2, 0.25) is 0 Å². The van der Waals surface area contributed by atoms with Crippen LogP contribution in [-0.4, -0.2) is 30.6 Å². The van der Waals surface area contributed by atoms with Crippen molar-refractivity contribution in [3.05, 3.63) is 48.6 Å². The molecule has 0 heterocycles. The average molecular weight is 289 g/mol. The summed E-state index contributed by atoms with van der Waals surface area (Å²) >= 11 is 0. The third-order valence-electron chi connectivity index (χ3n) is 3.92. The van der Waals surface area contributed by atoms with Crippen LogP contribution in [0.5, 0.6) is 0 Å². The van der Waals surface area contributed by atoms with E-state index in [-0.39, 0.29) is 18.1 Å². The van der Waals surface area contributed by atoms with Gasteiger partial charge in [-0.15, -0.1) is 6.58 Å². The topological polar surface area (TPSA) is 29.5 Å². The molecule has 0 unspecified atom stereocenters. The summed E-state index contributed by atoms with van der Waals surface area (Å²) in [6, 6.07) is 10.7. The Hall–Kier alpha value is -1.61. The molecule has 0 saturated carbocycles. The number of ether oxygens (including phenoxy) is 1. The van der Waals surface area contributed by atoms with Crippen LogP contribution in [0.4, 0.5) is 0 Å². The van der Waals surface area contributed by atoms with E-state index < -0.39 is 0 Å². The van der Waals surface area contributed by atoms with Crippen LogP contribution in [0.2, 0.25) is 0 Å². The molecule has 0 saturated heterocycles. The predicted octanol–water partition coefficient (Wildman–Crippen LogP) is 3.82. The highest BCUT2D eigenvalue weighted by atomic mass is 16.5. The highest BCUT2D eigenvalue weighted by Gasteiger charge is 2.28. The van der Waals surface area contributed by atoms with Gasteiger partial charge in [-0.05, 0) is 18.4 Å². The van der Waals surface area contributed by atoms with Crippen molar-refractivity contribution in [1.82, 2.24) is 4.90 Å². The van der Waals surface area contributed by atoms with Gasteiger partial charge in [-0.25, -0.2) is 0 Å². The molecule has 0 spiro atoms. The molecule has 0 aliphatic carbocycles. The van der Waals surface area contributed by atoms with Crippen molar-refractivity contribution in [2.45, 2.75) is 39.3 Å².